The van der Waals surface area contributed by atoms with E-state index in [1.807, 2.05) is 0 Å². The second kappa shape index (κ2) is 2.34. The molecule has 12 heavy (non-hydrogen) atoms. The van der Waals surface area contributed by atoms with Crippen molar-refractivity contribution < 1.29 is 4.79 Å². The van der Waals surface area contributed by atoms with Gasteiger partial charge < -0.3 is 0 Å². The number of ketones is 1. The molecule has 4 atom stereocenters. The van der Waals surface area contributed by atoms with Gasteiger partial charge in [-0.05, 0) is 43.9 Å². The Morgan fingerprint density at radius 2 is 2.08 bits per heavy atom. The molecule has 0 aromatic heterocycles. The van der Waals surface area contributed by atoms with Gasteiger partial charge in [0.05, 0.1) is 0 Å². The zero-order valence-corrected chi connectivity index (χ0v) is 8.26. The van der Waals surface area contributed by atoms with Crippen LogP contribution in [0.25, 0.3) is 0 Å². The highest BCUT2D eigenvalue weighted by atomic mass is 16.1. The van der Waals surface area contributed by atoms with Crippen LogP contribution in [0.15, 0.2) is 0 Å². The van der Waals surface area contributed by atoms with Crippen molar-refractivity contribution in [3.8, 4) is 0 Å². The van der Waals surface area contributed by atoms with Crippen molar-refractivity contribution in [2.75, 3.05) is 0 Å². The predicted molar refractivity (Wildman–Crippen MR) is 48.8 cm³/mol. The van der Waals surface area contributed by atoms with Gasteiger partial charge in [0.2, 0.25) is 0 Å². The van der Waals surface area contributed by atoms with E-state index in [0.717, 1.165) is 5.92 Å². The molecule has 2 rings (SSSR count). The molecule has 2 aliphatic rings. The Morgan fingerprint density at radius 3 is 2.42 bits per heavy atom. The summed E-state index contributed by atoms with van der Waals surface area (Å²) in [4.78, 5) is 11.6. The smallest absolute Gasteiger partial charge is 0.136 e. The fourth-order valence-electron chi connectivity index (χ4n) is 3.48. The van der Waals surface area contributed by atoms with Crippen molar-refractivity contribution in [2.45, 2.75) is 40.0 Å². The second-order valence-electron chi connectivity index (χ2n) is 4.90. The molecular formula is C11H18O. The molecular weight excluding hydrogens is 148 g/mol. The molecule has 0 radical (unpaired) electrons. The molecule has 4 unspecified atom stereocenters. The average molecular weight is 166 g/mol. The van der Waals surface area contributed by atoms with Crippen LogP contribution in [0.3, 0.4) is 0 Å². The maximum absolute atomic E-state index is 11.6. The predicted octanol–water partition coefficient (Wildman–Crippen LogP) is 2.65. The first-order chi connectivity index (χ1) is 5.56. The highest BCUT2D eigenvalue weighted by Crippen LogP contribution is 2.59. The molecule has 2 bridgehead atoms. The lowest BCUT2D eigenvalue weighted by Gasteiger charge is -2.37. The van der Waals surface area contributed by atoms with Crippen molar-refractivity contribution in [3.05, 3.63) is 0 Å². The molecule has 2 aliphatic carbocycles. The standard InChI is InChI=1S/C11H18O/c1-7-9-4-5-10(6-9)11(7,3)8(2)12/h7,9-10H,4-6H2,1-3H3. The van der Waals surface area contributed by atoms with Gasteiger partial charge in [-0.15, -0.1) is 0 Å². The van der Waals surface area contributed by atoms with Crippen LogP contribution in [0.5, 0.6) is 0 Å². The Morgan fingerprint density at radius 1 is 1.42 bits per heavy atom. The van der Waals surface area contributed by atoms with E-state index in [0.29, 0.717) is 17.6 Å². The molecule has 0 heterocycles. The van der Waals surface area contributed by atoms with Crippen LogP contribution in [0.4, 0.5) is 0 Å². The first-order valence-corrected chi connectivity index (χ1v) is 5.08. The number of Topliss-reactive ketones (excluding diaryl/α,β-unsaturated/α-hetero) is 1. The lowest BCUT2D eigenvalue weighted by molar-refractivity contribution is -0.131. The van der Waals surface area contributed by atoms with E-state index < -0.39 is 0 Å². The summed E-state index contributed by atoms with van der Waals surface area (Å²) < 4.78 is 0. The average Bonchev–Trinajstić information content (AvgIpc) is 2.55. The molecule has 0 aliphatic heterocycles. The summed E-state index contributed by atoms with van der Waals surface area (Å²) in [5.74, 6) is 2.61. The highest BCUT2D eigenvalue weighted by molar-refractivity contribution is 5.83. The molecule has 0 aromatic rings. The molecule has 0 saturated heterocycles. The van der Waals surface area contributed by atoms with Crippen molar-refractivity contribution >= 4 is 5.78 Å². The molecule has 0 aromatic carbocycles. The molecule has 1 heteroatoms. The zero-order chi connectivity index (χ0) is 8.93. The lowest BCUT2D eigenvalue weighted by atomic mass is 9.66. The third kappa shape index (κ3) is 0.773. The van der Waals surface area contributed by atoms with Gasteiger partial charge in [0.1, 0.15) is 5.78 Å². The number of fused-ring (bicyclic) bond motifs is 2. The van der Waals surface area contributed by atoms with E-state index in [-0.39, 0.29) is 5.41 Å². The van der Waals surface area contributed by atoms with Crippen LogP contribution in [-0.2, 0) is 4.79 Å². The molecule has 0 N–H and O–H groups in total. The quantitative estimate of drug-likeness (QED) is 0.585. The molecule has 68 valence electrons. The molecule has 2 fully saturated rings. The van der Waals surface area contributed by atoms with Crippen LogP contribution in [-0.4, -0.2) is 5.78 Å². The summed E-state index contributed by atoms with van der Waals surface area (Å²) >= 11 is 0. The Bertz CT molecular complexity index is 217. The van der Waals surface area contributed by atoms with Gasteiger partial charge in [0, 0.05) is 5.41 Å². The van der Waals surface area contributed by atoms with Gasteiger partial charge in [-0.25, -0.2) is 0 Å². The van der Waals surface area contributed by atoms with Gasteiger partial charge in [-0.2, -0.15) is 0 Å². The summed E-state index contributed by atoms with van der Waals surface area (Å²) in [7, 11) is 0. The highest BCUT2D eigenvalue weighted by Gasteiger charge is 2.55. The van der Waals surface area contributed by atoms with Crippen LogP contribution in [0.1, 0.15) is 40.0 Å². The normalized spacial score (nSPS) is 51.4. The third-order valence-electron chi connectivity index (χ3n) is 4.73. The first-order valence-electron chi connectivity index (χ1n) is 5.08. The van der Waals surface area contributed by atoms with Crippen LogP contribution >= 0.6 is 0 Å². The lowest BCUT2D eigenvalue weighted by Crippen LogP contribution is -2.38. The largest absolute Gasteiger partial charge is 0.299 e. The Balaban J connectivity index is 2.32. The molecule has 1 nitrogen and oxygen atoms in total. The molecule has 2 saturated carbocycles. The van der Waals surface area contributed by atoms with Gasteiger partial charge in [0.15, 0.2) is 0 Å². The van der Waals surface area contributed by atoms with Gasteiger partial charge in [-0.3, -0.25) is 4.79 Å². The number of carbonyl (C=O) groups is 1. The van der Waals surface area contributed by atoms with Gasteiger partial charge in [-0.1, -0.05) is 13.8 Å². The minimum absolute atomic E-state index is 0.0307. The van der Waals surface area contributed by atoms with E-state index in [9.17, 15) is 4.79 Å². The fourth-order valence-corrected chi connectivity index (χ4v) is 3.48. The third-order valence-corrected chi connectivity index (χ3v) is 4.73. The summed E-state index contributed by atoms with van der Waals surface area (Å²) in [6.07, 6.45) is 3.98. The summed E-state index contributed by atoms with van der Waals surface area (Å²) in [5, 5.41) is 0. The van der Waals surface area contributed by atoms with E-state index in [2.05, 4.69) is 13.8 Å². The molecule has 0 amide bonds. The van der Waals surface area contributed by atoms with Gasteiger partial charge in [0.25, 0.3) is 0 Å². The summed E-state index contributed by atoms with van der Waals surface area (Å²) in [6, 6.07) is 0. The van der Waals surface area contributed by atoms with E-state index in [1.54, 1.807) is 6.92 Å². The van der Waals surface area contributed by atoms with Crippen LogP contribution in [0, 0.1) is 23.2 Å². The monoisotopic (exact) mass is 166 g/mol. The maximum Gasteiger partial charge on any atom is 0.136 e. The fraction of sp³-hybridized carbons (Fsp3) is 0.909. The van der Waals surface area contributed by atoms with Crippen molar-refractivity contribution in [1.29, 1.82) is 0 Å². The van der Waals surface area contributed by atoms with Crippen molar-refractivity contribution in [1.82, 2.24) is 0 Å². The number of carbonyl (C=O) groups excluding carboxylic acids is 1. The van der Waals surface area contributed by atoms with Crippen molar-refractivity contribution in [3.63, 3.8) is 0 Å². The zero-order valence-electron chi connectivity index (χ0n) is 8.26. The minimum Gasteiger partial charge on any atom is -0.299 e. The van der Waals surface area contributed by atoms with Crippen LogP contribution in [0.2, 0.25) is 0 Å². The second-order valence-corrected chi connectivity index (χ2v) is 4.90. The minimum atomic E-state index is 0.0307. The first kappa shape index (κ1) is 8.28. The molecule has 0 spiro atoms. The number of hydrogen-bond donors (Lipinski definition) is 0. The number of rotatable bonds is 1. The Hall–Kier alpha value is -0.330. The van der Waals surface area contributed by atoms with E-state index >= 15 is 0 Å². The summed E-state index contributed by atoms with van der Waals surface area (Å²) in [5.41, 5.74) is 0.0307. The van der Waals surface area contributed by atoms with Crippen LogP contribution < -0.4 is 0 Å². The maximum atomic E-state index is 11.6. The Kier molecular flexibility index (Phi) is 1.61. The topological polar surface area (TPSA) is 17.1 Å². The SMILES string of the molecule is CC(=O)C1(C)C2CCC(C2)C1C. The van der Waals surface area contributed by atoms with E-state index in [1.165, 1.54) is 19.3 Å². The van der Waals surface area contributed by atoms with E-state index in [4.69, 9.17) is 0 Å². The number of hydrogen-bond acceptors (Lipinski definition) is 1. The van der Waals surface area contributed by atoms with Crippen molar-refractivity contribution in [2.24, 2.45) is 23.2 Å². The Labute approximate surface area is 74.5 Å². The summed E-state index contributed by atoms with van der Waals surface area (Å²) in [6.45, 7) is 6.23. The van der Waals surface area contributed by atoms with Gasteiger partial charge >= 0.3 is 0 Å².